The molecule has 1 heterocycles. The first-order valence-corrected chi connectivity index (χ1v) is 6.62. The van der Waals surface area contributed by atoms with Crippen molar-refractivity contribution in [1.29, 1.82) is 0 Å². The van der Waals surface area contributed by atoms with Gasteiger partial charge >= 0.3 is 0 Å². The van der Waals surface area contributed by atoms with Crippen molar-refractivity contribution >= 4 is 29.1 Å². The fourth-order valence-corrected chi connectivity index (χ4v) is 2.65. The van der Waals surface area contributed by atoms with Gasteiger partial charge in [0, 0.05) is 28.2 Å². The average molecular weight is 282 g/mol. The van der Waals surface area contributed by atoms with E-state index in [1.54, 1.807) is 12.1 Å². The van der Waals surface area contributed by atoms with E-state index in [9.17, 15) is 5.11 Å². The second kappa shape index (κ2) is 5.46. The SMILES string of the molecule is Cc1cc(O)nc(SCc2ccc(N)cc2Cl)n1. The number of nitrogen functional groups attached to an aromatic ring is 1. The van der Waals surface area contributed by atoms with Crippen LogP contribution in [0.5, 0.6) is 5.88 Å². The summed E-state index contributed by atoms with van der Waals surface area (Å²) in [5.41, 5.74) is 7.95. The molecule has 4 nitrogen and oxygen atoms in total. The number of nitrogens with zero attached hydrogens (tertiary/aromatic N) is 2. The number of thioether (sulfide) groups is 1. The number of anilines is 1. The third kappa shape index (κ3) is 3.27. The van der Waals surface area contributed by atoms with Crippen LogP contribution in [0.1, 0.15) is 11.3 Å². The minimum atomic E-state index is -0.0200. The van der Waals surface area contributed by atoms with Gasteiger partial charge in [-0.2, -0.15) is 4.98 Å². The number of hydrogen-bond donors (Lipinski definition) is 2. The lowest BCUT2D eigenvalue weighted by Gasteiger charge is -2.05. The molecule has 1 aromatic carbocycles. The van der Waals surface area contributed by atoms with Crippen LogP contribution in [-0.4, -0.2) is 15.1 Å². The molecule has 0 fully saturated rings. The highest BCUT2D eigenvalue weighted by Gasteiger charge is 2.05. The van der Waals surface area contributed by atoms with Gasteiger partial charge in [0.1, 0.15) is 0 Å². The summed E-state index contributed by atoms with van der Waals surface area (Å²) in [5.74, 6) is 0.607. The highest BCUT2D eigenvalue weighted by Crippen LogP contribution is 2.27. The number of halogens is 1. The number of benzene rings is 1. The monoisotopic (exact) mass is 281 g/mol. The third-order valence-corrected chi connectivity index (χ3v) is 3.50. The zero-order valence-corrected chi connectivity index (χ0v) is 11.3. The van der Waals surface area contributed by atoms with Gasteiger partial charge in [0.25, 0.3) is 0 Å². The largest absolute Gasteiger partial charge is 0.493 e. The molecule has 3 N–H and O–H groups in total. The van der Waals surface area contributed by atoms with E-state index in [-0.39, 0.29) is 5.88 Å². The molecule has 1 aromatic heterocycles. The van der Waals surface area contributed by atoms with Crippen LogP contribution in [0.4, 0.5) is 5.69 Å². The molecule has 0 amide bonds. The number of aromatic nitrogens is 2. The maximum Gasteiger partial charge on any atom is 0.215 e. The zero-order chi connectivity index (χ0) is 13.1. The molecule has 0 aliphatic carbocycles. The lowest BCUT2D eigenvalue weighted by Crippen LogP contribution is -1.92. The van der Waals surface area contributed by atoms with Gasteiger partial charge in [-0.05, 0) is 24.6 Å². The molecule has 2 aromatic rings. The van der Waals surface area contributed by atoms with Crippen LogP contribution < -0.4 is 5.73 Å². The normalized spacial score (nSPS) is 10.6. The van der Waals surface area contributed by atoms with Gasteiger partial charge in [0.2, 0.25) is 5.88 Å². The molecule has 6 heteroatoms. The van der Waals surface area contributed by atoms with Gasteiger partial charge in [0.05, 0.1) is 0 Å². The van der Waals surface area contributed by atoms with Crippen LogP contribution in [-0.2, 0) is 5.75 Å². The summed E-state index contributed by atoms with van der Waals surface area (Å²) in [6, 6.07) is 6.91. The van der Waals surface area contributed by atoms with Crippen molar-refractivity contribution in [3.05, 3.63) is 40.5 Å². The summed E-state index contributed by atoms with van der Waals surface area (Å²) in [4.78, 5) is 8.16. The second-order valence-corrected chi connectivity index (χ2v) is 5.14. The average Bonchev–Trinajstić information content (AvgIpc) is 2.26. The number of hydrogen-bond acceptors (Lipinski definition) is 5. The fraction of sp³-hybridized carbons (Fsp3) is 0.167. The summed E-state index contributed by atoms with van der Waals surface area (Å²) in [6.07, 6.45) is 0. The molecule has 0 saturated carbocycles. The van der Waals surface area contributed by atoms with Crippen molar-refractivity contribution < 1.29 is 5.11 Å². The summed E-state index contributed by atoms with van der Waals surface area (Å²) in [6.45, 7) is 1.81. The van der Waals surface area contributed by atoms with Gasteiger partial charge < -0.3 is 10.8 Å². The van der Waals surface area contributed by atoms with Gasteiger partial charge in [-0.25, -0.2) is 4.98 Å². The topological polar surface area (TPSA) is 72.0 Å². The lowest BCUT2D eigenvalue weighted by atomic mass is 10.2. The Morgan fingerprint density at radius 1 is 1.33 bits per heavy atom. The first-order valence-electron chi connectivity index (χ1n) is 5.26. The number of nitrogens with two attached hydrogens (primary N) is 1. The molecule has 2 rings (SSSR count). The number of rotatable bonds is 3. The van der Waals surface area contributed by atoms with E-state index in [0.717, 1.165) is 11.3 Å². The molecule has 0 spiro atoms. The second-order valence-electron chi connectivity index (χ2n) is 3.79. The van der Waals surface area contributed by atoms with Gasteiger partial charge in [-0.3, -0.25) is 0 Å². The predicted molar refractivity (Wildman–Crippen MR) is 73.9 cm³/mol. The Balaban J connectivity index is 2.11. The molecule has 0 saturated heterocycles. The molecule has 0 unspecified atom stereocenters. The van der Waals surface area contributed by atoms with Crippen molar-refractivity contribution in [3.8, 4) is 5.88 Å². The maximum absolute atomic E-state index is 9.38. The highest BCUT2D eigenvalue weighted by molar-refractivity contribution is 7.98. The maximum atomic E-state index is 9.38. The number of aromatic hydroxyl groups is 1. The van der Waals surface area contributed by atoms with Crippen molar-refractivity contribution in [2.24, 2.45) is 0 Å². The molecule has 94 valence electrons. The minimum absolute atomic E-state index is 0.0200. The highest BCUT2D eigenvalue weighted by atomic mass is 35.5. The van der Waals surface area contributed by atoms with E-state index in [2.05, 4.69) is 9.97 Å². The summed E-state index contributed by atoms with van der Waals surface area (Å²) < 4.78 is 0. The van der Waals surface area contributed by atoms with E-state index in [1.165, 1.54) is 17.8 Å². The standard InChI is InChI=1S/C12H12ClN3OS/c1-7-4-11(17)16-12(15-7)18-6-8-2-3-9(14)5-10(8)13/h2-5H,6,14H2,1H3,(H,15,16,17). The molecular weight excluding hydrogens is 270 g/mol. The van der Waals surface area contributed by atoms with Crippen LogP contribution in [0, 0.1) is 6.92 Å². The summed E-state index contributed by atoms with van der Waals surface area (Å²) in [5, 5.41) is 10.5. The fourth-order valence-electron chi connectivity index (χ4n) is 1.41. The smallest absolute Gasteiger partial charge is 0.215 e. The Kier molecular flexibility index (Phi) is 3.93. The molecule has 0 atom stereocenters. The quantitative estimate of drug-likeness (QED) is 0.514. The predicted octanol–water partition coefficient (Wildman–Crippen LogP) is 3.02. The van der Waals surface area contributed by atoms with E-state index in [4.69, 9.17) is 17.3 Å². The molecule has 0 bridgehead atoms. The molecule has 0 aliphatic rings. The van der Waals surface area contributed by atoms with E-state index in [0.29, 0.717) is 21.6 Å². The summed E-state index contributed by atoms with van der Waals surface area (Å²) >= 11 is 7.49. The summed E-state index contributed by atoms with van der Waals surface area (Å²) in [7, 11) is 0. The van der Waals surface area contributed by atoms with Crippen LogP contribution in [0.15, 0.2) is 29.4 Å². The van der Waals surface area contributed by atoms with Gasteiger partial charge in [0.15, 0.2) is 5.16 Å². The Labute approximate surface area is 114 Å². The van der Waals surface area contributed by atoms with Crippen LogP contribution in [0.3, 0.4) is 0 Å². The minimum Gasteiger partial charge on any atom is -0.493 e. The van der Waals surface area contributed by atoms with Crippen LogP contribution in [0.25, 0.3) is 0 Å². The Hall–Kier alpha value is -1.46. The third-order valence-electron chi connectivity index (χ3n) is 2.25. The van der Waals surface area contributed by atoms with Crippen molar-refractivity contribution in [3.63, 3.8) is 0 Å². The van der Waals surface area contributed by atoms with Gasteiger partial charge in [-0.1, -0.05) is 29.4 Å². The first kappa shape index (κ1) is 13.0. The van der Waals surface area contributed by atoms with Crippen molar-refractivity contribution in [2.45, 2.75) is 17.8 Å². The van der Waals surface area contributed by atoms with E-state index in [1.807, 2.05) is 13.0 Å². The first-order chi connectivity index (χ1) is 8.54. The molecule has 0 radical (unpaired) electrons. The molecule has 0 aliphatic heterocycles. The molecular formula is C12H12ClN3OS. The number of aryl methyl sites for hydroxylation is 1. The van der Waals surface area contributed by atoms with E-state index < -0.39 is 0 Å². The zero-order valence-electron chi connectivity index (χ0n) is 9.72. The van der Waals surface area contributed by atoms with Crippen molar-refractivity contribution in [2.75, 3.05) is 5.73 Å². The Morgan fingerprint density at radius 2 is 2.11 bits per heavy atom. The van der Waals surface area contributed by atoms with E-state index >= 15 is 0 Å². The molecule has 18 heavy (non-hydrogen) atoms. The van der Waals surface area contributed by atoms with Crippen LogP contribution in [0.2, 0.25) is 5.02 Å². The van der Waals surface area contributed by atoms with Crippen molar-refractivity contribution in [1.82, 2.24) is 9.97 Å². The lowest BCUT2D eigenvalue weighted by molar-refractivity contribution is 0.444. The van der Waals surface area contributed by atoms with Gasteiger partial charge in [-0.15, -0.1) is 0 Å². The Bertz CT molecular complexity index is 557. The Morgan fingerprint density at radius 3 is 2.78 bits per heavy atom. The van der Waals surface area contributed by atoms with Crippen LogP contribution >= 0.6 is 23.4 Å².